The summed E-state index contributed by atoms with van der Waals surface area (Å²) in [6.45, 7) is 2.77. The molecule has 0 spiro atoms. The van der Waals surface area contributed by atoms with Gasteiger partial charge in [0, 0.05) is 35.5 Å². The maximum atomic E-state index is 12.4. The second-order valence-corrected chi connectivity index (χ2v) is 6.39. The summed E-state index contributed by atoms with van der Waals surface area (Å²) in [7, 11) is 1.76. The molecule has 6 heteroatoms. The number of halogens is 1. The van der Waals surface area contributed by atoms with E-state index < -0.39 is 0 Å². The Morgan fingerprint density at radius 1 is 1.25 bits per heavy atom. The highest BCUT2D eigenvalue weighted by Gasteiger charge is 2.15. The van der Waals surface area contributed by atoms with Gasteiger partial charge in [0.2, 0.25) is 0 Å². The van der Waals surface area contributed by atoms with Crippen molar-refractivity contribution >= 4 is 33.4 Å². The third kappa shape index (κ3) is 4.89. The normalized spacial score (nSPS) is 10.3. The van der Waals surface area contributed by atoms with E-state index in [1.807, 2.05) is 12.1 Å². The fourth-order valence-electron chi connectivity index (χ4n) is 2.17. The average Bonchev–Trinajstić information content (AvgIpc) is 2.59. The standard InChI is InChI=1S/C18H20BrN3O2/c1-3-4-10-22(2)18(24)13-8-9-20-16(11-13)17(23)21-15-7-5-6-14(19)12-15/h5-9,11-12H,3-4,10H2,1-2H3,(H,21,23). The van der Waals surface area contributed by atoms with Crippen molar-refractivity contribution in [3.05, 3.63) is 58.3 Å². The van der Waals surface area contributed by atoms with Gasteiger partial charge in [-0.2, -0.15) is 0 Å². The van der Waals surface area contributed by atoms with Crippen molar-refractivity contribution in [2.24, 2.45) is 0 Å². The Balaban J connectivity index is 2.11. The van der Waals surface area contributed by atoms with Gasteiger partial charge in [0.25, 0.3) is 11.8 Å². The number of anilines is 1. The summed E-state index contributed by atoms with van der Waals surface area (Å²) in [6.07, 6.45) is 3.45. The molecule has 0 aliphatic heterocycles. The van der Waals surface area contributed by atoms with Crippen LogP contribution in [0.1, 0.15) is 40.6 Å². The average molecular weight is 390 g/mol. The zero-order chi connectivity index (χ0) is 17.5. The van der Waals surface area contributed by atoms with Gasteiger partial charge in [-0.15, -0.1) is 0 Å². The number of nitrogens with zero attached hydrogens (tertiary/aromatic N) is 2. The minimum Gasteiger partial charge on any atom is -0.342 e. The fourth-order valence-corrected chi connectivity index (χ4v) is 2.57. The third-order valence-corrected chi connectivity index (χ3v) is 4.01. The Kier molecular flexibility index (Phi) is 6.49. The number of amides is 2. The number of carbonyl (C=O) groups is 2. The first-order valence-corrected chi connectivity index (χ1v) is 8.59. The first-order chi connectivity index (χ1) is 11.5. The van der Waals surface area contributed by atoms with E-state index in [0.29, 0.717) is 17.8 Å². The predicted molar refractivity (Wildman–Crippen MR) is 98.2 cm³/mol. The molecule has 0 atom stereocenters. The Hall–Kier alpha value is -2.21. The molecule has 0 aliphatic rings. The maximum absolute atomic E-state index is 12.4. The van der Waals surface area contributed by atoms with Crippen LogP contribution in [0.2, 0.25) is 0 Å². The quantitative estimate of drug-likeness (QED) is 0.812. The smallest absolute Gasteiger partial charge is 0.274 e. The van der Waals surface area contributed by atoms with Gasteiger partial charge in [0.15, 0.2) is 0 Å². The first kappa shape index (κ1) is 18.1. The molecule has 0 radical (unpaired) electrons. The topological polar surface area (TPSA) is 62.3 Å². The Morgan fingerprint density at radius 2 is 2.04 bits per heavy atom. The molecule has 2 amide bonds. The number of benzene rings is 1. The SMILES string of the molecule is CCCCN(C)C(=O)c1ccnc(C(=O)Nc2cccc(Br)c2)c1. The van der Waals surface area contributed by atoms with E-state index in [4.69, 9.17) is 0 Å². The monoisotopic (exact) mass is 389 g/mol. The van der Waals surface area contributed by atoms with Crippen LogP contribution >= 0.6 is 15.9 Å². The van der Waals surface area contributed by atoms with E-state index in [1.54, 1.807) is 30.1 Å². The second kappa shape index (κ2) is 8.59. The van der Waals surface area contributed by atoms with Crippen LogP contribution in [0, 0.1) is 0 Å². The number of nitrogens with one attached hydrogen (secondary N) is 1. The zero-order valence-electron chi connectivity index (χ0n) is 13.8. The lowest BCUT2D eigenvalue weighted by molar-refractivity contribution is 0.0793. The van der Waals surface area contributed by atoms with Gasteiger partial charge in [-0.1, -0.05) is 35.3 Å². The fraction of sp³-hybridized carbons (Fsp3) is 0.278. The summed E-state index contributed by atoms with van der Waals surface area (Å²) in [6, 6.07) is 10.4. The van der Waals surface area contributed by atoms with E-state index in [0.717, 1.165) is 17.3 Å². The maximum Gasteiger partial charge on any atom is 0.274 e. The van der Waals surface area contributed by atoms with Crippen molar-refractivity contribution in [3.63, 3.8) is 0 Å². The minimum atomic E-state index is -0.348. The molecule has 0 saturated heterocycles. The van der Waals surface area contributed by atoms with Gasteiger partial charge >= 0.3 is 0 Å². The molecule has 0 bridgehead atoms. The van der Waals surface area contributed by atoms with Crippen LogP contribution < -0.4 is 5.32 Å². The Morgan fingerprint density at radius 3 is 2.75 bits per heavy atom. The first-order valence-electron chi connectivity index (χ1n) is 7.79. The molecule has 0 fully saturated rings. The summed E-state index contributed by atoms with van der Waals surface area (Å²) >= 11 is 3.36. The number of hydrogen-bond acceptors (Lipinski definition) is 3. The molecule has 0 unspecified atom stereocenters. The molecular weight excluding hydrogens is 370 g/mol. The third-order valence-electron chi connectivity index (χ3n) is 3.52. The van der Waals surface area contributed by atoms with Crippen molar-refractivity contribution in [2.45, 2.75) is 19.8 Å². The van der Waals surface area contributed by atoms with Crippen molar-refractivity contribution in [1.29, 1.82) is 0 Å². The van der Waals surface area contributed by atoms with E-state index in [1.165, 1.54) is 12.3 Å². The Labute approximate surface area is 150 Å². The Bertz CT molecular complexity index is 734. The van der Waals surface area contributed by atoms with Crippen LogP contribution in [-0.2, 0) is 0 Å². The molecule has 1 N–H and O–H groups in total. The molecule has 1 aromatic heterocycles. The van der Waals surface area contributed by atoms with Crippen molar-refractivity contribution in [1.82, 2.24) is 9.88 Å². The number of rotatable bonds is 6. The van der Waals surface area contributed by atoms with Gasteiger partial charge in [0.1, 0.15) is 5.69 Å². The molecule has 2 aromatic rings. The van der Waals surface area contributed by atoms with E-state index in [2.05, 4.69) is 33.2 Å². The number of carbonyl (C=O) groups excluding carboxylic acids is 2. The molecule has 126 valence electrons. The van der Waals surface area contributed by atoms with Crippen LogP contribution in [0.4, 0.5) is 5.69 Å². The van der Waals surface area contributed by atoms with Crippen molar-refractivity contribution < 1.29 is 9.59 Å². The molecular formula is C18H20BrN3O2. The lowest BCUT2D eigenvalue weighted by Gasteiger charge is -2.16. The highest BCUT2D eigenvalue weighted by atomic mass is 79.9. The molecule has 0 saturated carbocycles. The van der Waals surface area contributed by atoms with Crippen LogP contribution in [-0.4, -0.2) is 35.3 Å². The van der Waals surface area contributed by atoms with Crippen LogP contribution in [0.15, 0.2) is 47.1 Å². The number of aromatic nitrogens is 1. The van der Waals surface area contributed by atoms with Crippen molar-refractivity contribution in [2.75, 3.05) is 18.9 Å². The summed E-state index contributed by atoms with van der Waals surface area (Å²) in [5.41, 5.74) is 1.33. The molecule has 1 heterocycles. The summed E-state index contributed by atoms with van der Waals surface area (Å²) < 4.78 is 0.870. The van der Waals surface area contributed by atoms with E-state index in [9.17, 15) is 9.59 Å². The largest absolute Gasteiger partial charge is 0.342 e. The van der Waals surface area contributed by atoms with E-state index in [-0.39, 0.29) is 17.5 Å². The lowest BCUT2D eigenvalue weighted by Crippen LogP contribution is -2.28. The van der Waals surface area contributed by atoms with Gasteiger partial charge < -0.3 is 10.2 Å². The highest BCUT2D eigenvalue weighted by molar-refractivity contribution is 9.10. The van der Waals surface area contributed by atoms with Gasteiger partial charge in [-0.05, 0) is 36.8 Å². The van der Waals surface area contributed by atoms with Gasteiger partial charge in [-0.25, -0.2) is 0 Å². The van der Waals surface area contributed by atoms with Crippen LogP contribution in [0.3, 0.4) is 0 Å². The second-order valence-electron chi connectivity index (χ2n) is 5.47. The minimum absolute atomic E-state index is 0.109. The van der Waals surface area contributed by atoms with Crippen LogP contribution in [0.25, 0.3) is 0 Å². The molecule has 24 heavy (non-hydrogen) atoms. The summed E-state index contributed by atoms with van der Waals surface area (Å²) in [5, 5.41) is 2.77. The molecule has 5 nitrogen and oxygen atoms in total. The van der Waals surface area contributed by atoms with Gasteiger partial charge in [-0.3, -0.25) is 14.6 Å². The van der Waals surface area contributed by atoms with Crippen LogP contribution in [0.5, 0.6) is 0 Å². The molecule has 0 aliphatic carbocycles. The highest BCUT2D eigenvalue weighted by Crippen LogP contribution is 2.16. The predicted octanol–water partition coefficient (Wildman–Crippen LogP) is 3.97. The lowest BCUT2D eigenvalue weighted by atomic mass is 10.2. The van der Waals surface area contributed by atoms with E-state index >= 15 is 0 Å². The number of unbranched alkanes of at least 4 members (excludes halogenated alkanes) is 1. The summed E-state index contributed by atoms with van der Waals surface area (Å²) in [4.78, 5) is 30.4. The van der Waals surface area contributed by atoms with Crippen molar-refractivity contribution in [3.8, 4) is 0 Å². The number of hydrogen-bond donors (Lipinski definition) is 1. The van der Waals surface area contributed by atoms with Gasteiger partial charge in [0.05, 0.1) is 0 Å². The zero-order valence-corrected chi connectivity index (χ0v) is 15.3. The summed E-state index contributed by atoms with van der Waals surface area (Å²) in [5.74, 6) is -0.457. The molecule has 1 aromatic carbocycles. The molecule has 2 rings (SSSR count). The number of pyridine rings is 1.